The lowest BCUT2D eigenvalue weighted by Gasteiger charge is -2.20. The maximum atomic E-state index is 14.5. The van der Waals surface area contributed by atoms with Crippen LogP contribution in [0.2, 0.25) is 0 Å². The van der Waals surface area contributed by atoms with Crippen molar-refractivity contribution in [2.75, 3.05) is 30.9 Å². The van der Waals surface area contributed by atoms with Gasteiger partial charge in [-0.2, -0.15) is 11.8 Å². The minimum absolute atomic E-state index is 0.0118. The maximum Gasteiger partial charge on any atom is 0.254 e. The molecule has 0 aliphatic rings. The number of fused-ring (bicyclic) bond motifs is 1. The number of para-hydroxylation sites is 1. The zero-order valence-electron chi connectivity index (χ0n) is 20.7. The number of carbonyl (C=O) groups excluding carboxylic acids is 1. The normalized spacial score (nSPS) is 12.1. The fourth-order valence-electron chi connectivity index (χ4n) is 4.10. The van der Waals surface area contributed by atoms with E-state index in [4.69, 9.17) is 0 Å². The molecule has 0 saturated carbocycles. The summed E-state index contributed by atoms with van der Waals surface area (Å²) < 4.78 is 14.5. The fourth-order valence-corrected chi connectivity index (χ4v) is 4.80. The van der Waals surface area contributed by atoms with Gasteiger partial charge in [-0.25, -0.2) is 14.4 Å². The Morgan fingerprint density at radius 1 is 1.08 bits per heavy atom. The van der Waals surface area contributed by atoms with E-state index in [0.717, 1.165) is 34.5 Å². The molecule has 0 bridgehead atoms. The van der Waals surface area contributed by atoms with E-state index in [0.29, 0.717) is 29.2 Å². The first kappa shape index (κ1) is 25.5. The standard InChI is InChI=1S/C27H29FN6OS/c1-16(2)22-9-8-17(11-30-22)23-10-24(34-15-33-23)31-12-18(14-36-4)19-6-5-7-20-25(27(35)29-3)21(28)13-32-26(19)20/h5-11,13,15-16,18H,12,14H2,1-4H3,(H,29,35)(H,31,33,34). The summed E-state index contributed by atoms with van der Waals surface area (Å²) in [6.07, 6.45) is 6.53. The SMILES string of the molecule is CNC(=O)c1c(F)cnc2c(C(CNc3cc(-c4ccc(C(C)C)nc4)ncn3)CSC)cccc12. The molecule has 0 aliphatic heterocycles. The molecule has 0 fully saturated rings. The first-order chi connectivity index (χ1) is 17.4. The Bertz CT molecular complexity index is 1360. The van der Waals surface area contributed by atoms with Crippen molar-refractivity contribution >= 4 is 34.4 Å². The van der Waals surface area contributed by atoms with Crippen LogP contribution in [0.1, 0.15) is 47.3 Å². The Morgan fingerprint density at radius 3 is 2.61 bits per heavy atom. The molecule has 1 amide bonds. The Kier molecular flexibility index (Phi) is 8.10. The van der Waals surface area contributed by atoms with Crippen LogP contribution in [0.15, 0.2) is 55.1 Å². The molecule has 3 aromatic heterocycles. The molecule has 1 atom stereocenters. The van der Waals surface area contributed by atoms with Gasteiger partial charge in [0.25, 0.3) is 5.91 Å². The maximum absolute atomic E-state index is 14.5. The molecule has 2 N–H and O–H groups in total. The number of pyridine rings is 2. The van der Waals surface area contributed by atoms with Gasteiger partial charge in [-0.05, 0) is 29.9 Å². The minimum atomic E-state index is -0.636. The highest BCUT2D eigenvalue weighted by Gasteiger charge is 2.21. The van der Waals surface area contributed by atoms with Crippen molar-refractivity contribution in [1.82, 2.24) is 25.3 Å². The van der Waals surface area contributed by atoms with Gasteiger partial charge < -0.3 is 10.6 Å². The number of amides is 1. The third-order valence-corrected chi connectivity index (χ3v) is 6.75. The van der Waals surface area contributed by atoms with Crippen molar-refractivity contribution in [3.8, 4) is 11.3 Å². The molecule has 3 heterocycles. The van der Waals surface area contributed by atoms with Crippen LogP contribution in [0, 0.1) is 5.82 Å². The van der Waals surface area contributed by atoms with Crippen LogP contribution in [0.25, 0.3) is 22.2 Å². The van der Waals surface area contributed by atoms with E-state index in [-0.39, 0.29) is 11.5 Å². The van der Waals surface area contributed by atoms with Gasteiger partial charge in [-0.3, -0.25) is 14.8 Å². The van der Waals surface area contributed by atoms with Crippen LogP contribution in [0.5, 0.6) is 0 Å². The molecule has 0 spiro atoms. The van der Waals surface area contributed by atoms with E-state index in [9.17, 15) is 9.18 Å². The molecule has 0 radical (unpaired) electrons. The molecule has 0 aliphatic carbocycles. The average molecular weight is 505 g/mol. The zero-order chi connectivity index (χ0) is 25.7. The zero-order valence-corrected chi connectivity index (χ0v) is 21.6. The summed E-state index contributed by atoms with van der Waals surface area (Å²) in [5.41, 5.74) is 4.33. The molecule has 1 unspecified atom stereocenters. The van der Waals surface area contributed by atoms with E-state index >= 15 is 0 Å². The van der Waals surface area contributed by atoms with Crippen LogP contribution in [0.4, 0.5) is 10.2 Å². The molecule has 4 rings (SSSR count). The number of benzene rings is 1. The van der Waals surface area contributed by atoms with E-state index in [1.165, 1.54) is 13.4 Å². The Labute approximate surface area is 214 Å². The molecule has 7 nitrogen and oxygen atoms in total. The number of hydrogen-bond donors (Lipinski definition) is 2. The molecule has 0 saturated heterocycles. The molecule has 9 heteroatoms. The second-order valence-corrected chi connectivity index (χ2v) is 9.66. The molecule has 36 heavy (non-hydrogen) atoms. The minimum Gasteiger partial charge on any atom is -0.369 e. The summed E-state index contributed by atoms with van der Waals surface area (Å²) in [7, 11) is 1.49. The van der Waals surface area contributed by atoms with Gasteiger partial charge in [0, 0.05) is 54.2 Å². The summed E-state index contributed by atoms with van der Waals surface area (Å²) in [4.78, 5) is 30.1. The summed E-state index contributed by atoms with van der Waals surface area (Å²) in [5, 5.41) is 6.45. The number of nitrogens with one attached hydrogen (secondary N) is 2. The van der Waals surface area contributed by atoms with Crippen LogP contribution in [-0.2, 0) is 0 Å². The highest BCUT2D eigenvalue weighted by molar-refractivity contribution is 7.98. The van der Waals surface area contributed by atoms with Crippen molar-refractivity contribution in [3.05, 3.63) is 77.8 Å². The van der Waals surface area contributed by atoms with E-state index in [2.05, 4.69) is 44.4 Å². The van der Waals surface area contributed by atoms with Crippen LogP contribution >= 0.6 is 11.8 Å². The molecular weight excluding hydrogens is 475 g/mol. The number of halogens is 1. The largest absolute Gasteiger partial charge is 0.369 e. The molecule has 1 aromatic carbocycles. The van der Waals surface area contributed by atoms with Crippen molar-refractivity contribution < 1.29 is 9.18 Å². The Balaban J connectivity index is 1.60. The van der Waals surface area contributed by atoms with E-state index < -0.39 is 11.7 Å². The van der Waals surface area contributed by atoms with Gasteiger partial charge in [-0.15, -0.1) is 0 Å². The Morgan fingerprint density at radius 2 is 1.92 bits per heavy atom. The van der Waals surface area contributed by atoms with Crippen molar-refractivity contribution in [2.24, 2.45) is 0 Å². The van der Waals surface area contributed by atoms with E-state index in [1.54, 1.807) is 17.8 Å². The number of anilines is 1. The highest BCUT2D eigenvalue weighted by Crippen LogP contribution is 2.30. The smallest absolute Gasteiger partial charge is 0.254 e. The first-order valence-electron chi connectivity index (χ1n) is 11.7. The summed E-state index contributed by atoms with van der Waals surface area (Å²) >= 11 is 1.71. The lowest BCUT2D eigenvalue weighted by Crippen LogP contribution is -2.21. The number of nitrogens with zero attached hydrogens (tertiary/aromatic N) is 4. The van der Waals surface area contributed by atoms with Gasteiger partial charge in [0.05, 0.1) is 23.0 Å². The number of thioether (sulfide) groups is 1. The second kappa shape index (κ2) is 11.4. The van der Waals surface area contributed by atoms with Gasteiger partial charge in [-0.1, -0.05) is 32.0 Å². The summed E-state index contributed by atoms with van der Waals surface area (Å²) in [5.74, 6) is 0.805. The summed E-state index contributed by atoms with van der Waals surface area (Å²) in [6, 6.07) is 11.5. The van der Waals surface area contributed by atoms with Crippen molar-refractivity contribution in [2.45, 2.75) is 25.7 Å². The lowest BCUT2D eigenvalue weighted by molar-refractivity contribution is 0.0960. The molecule has 4 aromatic rings. The third kappa shape index (κ3) is 5.46. The number of hydrogen-bond acceptors (Lipinski definition) is 7. The number of aromatic nitrogens is 4. The summed E-state index contributed by atoms with van der Waals surface area (Å²) in [6.45, 7) is 4.80. The van der Waals surface area contributed by atoms with Crippen LogP contribution in [0.3, 0.4) is 0 Å². The number of carbonyl (C=O) groups is 1. The van der Waals surface area contributed by atoms with E-state index in [1.807, 2.05) is 42.8 Å². The fraction of sp³-hybridized carbons (Fsp3) is 0.296. The predicted octanol–water partition coefficient (Wildman–Crippen LogP) is 5.27. The lowest BCUT2D eigenvalue weighted by atomic mass is 9.95. The van der Waals surface area contributed by atoms with Crippen LogP contribution < -0.4 is 10.6 Å². The van der Waals surface area contributed by atoms with Crippen molar-refractivity contribution in [1.29, 1.82) is 0 Å². The van der Waals surface area contributed by atoms with Gasteiger partial charge in [0.15, 0.2) is 5.82 Å². The topological polar surface area (TPSA) is 92.7 Å². The first-order valence-corrected chi connectivity index (χ1v) is 13.1. The second-order valence-electron chi connectivity index (χ2n) is 8.75. The predicted molar refractivity (Wildman–Crippen MR) is 144 cm³/mol. The Hall–Kier alpha value is -3.59. The van der Waals surface area contributed by atoms with Crippen LogP contribution in [-0.4, -0.2) is 51.4 Å². The third-order valence-electron chi connectivity index (χ3n) is 6.01. The quantitative estimate of drug-likeness (QED) is 0.321. The molecular formula is C27H29FN6OS. The van der Waals surface area contributed by atoms with Gasteiger partial charge >= 0.3 is 0 Å². The molecule has 186 valence electrons. The van der Waals surface area contributed by atoms with Gasteiger partial charge in [0.2, 0.25) is 0 Å². The van der Waals surface area contributed by atoms with Gasteiger partial charge in [0.1, 0.15) is 12.1 Å². The highest BCUT2D eigenvalue weighted by atomic mass is 32.2. The van der Waals surface area contributed by atoms with Crippen molar-refractivity contribution in [3.63, 3.8) is 0 Å². The monoisotopic (exact) mass is 504 g/mol. The average Bonchev–Trinajstić information content (AvgIpc) is 2.90. The number of rotatable bonds is 9.